The molecule has 31 N–H and O–H groups in total. The van der Waals surface area contributed by atoms with Gasteiger partial charge >= 0.3 is 30.2 Å². The third-order valence-corrected chi connectivity index (χ3v) is 23.6. The summed E-state index contributed by atoms with van der Waals surface area (Å²) in [4.78, 5) is 154. The number of benzene rings is 4. The predicted octanol–water partition coefficient (Wildman–Crippen LogP) is -3.68. The fraction of sp³-hybridized carbons (Fsp3) is 0.581. The highest BCUT2D eigenvalue weighted by Gasteiger charge is 2.38. The van der Waals surface area contributed by atoms with Crippen LogP contribution >= 0.6 is 0 Å². The van der Waals surface area contributed by atoms with Crippen molar-refractivity contribution in [3.63, 3.8) is 0 Å². The molecule has 49 nitrogen and oxygen atoms in total. The van der Waals surface area contributed by atoms with E-state index in [-0.39, 0.29) is 105 Å². The molecule has 6 rings (SSSR count). The first-order valence-electron chi connectivity index (χ1n) is 47.2. The van der Waals surface area contributed by atoms with Crippen molar-refractivity contribution in [1.82, 2.24) is 78.8 Å². The monoisotopic (exact) mass is 2010 g/mol. The Hall–Kier alpha value is -11.8. The van der Waals surface area contributed by atoms with Crippen molar-refractivity contribution in [1.29, 1.82) is 0 Å². The zero-order valence-electron chi connectivity index (χ0n) is 80.8. The van der Waals surface area contributed by atoms with Crippen LogP contribution in [0.1, 0.15) is 162 Å². The molecule has 0 unspecified atom stereocenters. The second-order valence-electron chi connectivity index (χ2n) is 33.5. The second kappa shape index (κ2) is 62.6. The van der Waals surface area contributed by atoms with E-state index in [1.165, 1.54) is 43.5 Å². The van der Waals surface area contributed by atoms with Gasteiger partial charge in [0.2, 0.25) is 23.6 Å². The summed E-state index contributed by atoms with van der Waals surface area (Å²) in [6.45, 7) is 9.86. The van der Waals surface area contributed by atoms with Crippen LogP contribution < -0.4 is 85.1 Å². The van der Waals surface area contributed by atoms with Crippen LogP contribution in [0.2, 0.25) is 0 Å². The largest absolute Gasteiger partial charge is 0.394 e. The number of rotatable bonds is 55. The van der Waals surface area contributed by atoms with Crippen molar-refractivity contribution in [2.24, 2.45) is 0 Å². The van der Waals surface area contributed by atoms with Crippen molar-refractivity contribution in [2.45, 2.75) is 236 Å². The van der Waals surface area contributed by atoms with Crippen LogP contribution in [0.25, 0.3) is 0 Å². The summed E-state index contributed by atoms with van der Waals surface area (Å²) in [6, 6.07) is 8.18. The Morgan fingerprint density at radius 3 is 1.34 bits per heavy atom. The molecule has 1 aliphatic heterocycles. The zero-order chi connectivity index (χ0) is 105. The normalized spacial score (nSPS) is 15.5. The molecule has 0 radical (unpaired) electrons. The lowest BCUT2D eigenvalue weighted by molar-refractivity contribution is -0.126. The smallest absolute Gasteiger partial charge is 0.319 e. The topological polar surface area (TPSA) is 751 Å². The summed E-state index contributed by atoms with van der Waals surface area (Å²) in [6.07, 6.45) is -22.4. The average molecular weight is 2010 g/mol. The number of hydrogen-bond donors (Lipinski definition) is 31. The zero-order valence-corrected chi connectivity index (χ0v) is 80.8. The third kappa shape index (κ3) is 38.8. The minimum absolute atomic E-state index is 0.00178. The maximum atomic E-state index is 15.4. The molecule has 1 aromatic heterocycles. The molecule has 0 fully saturated rings. The molecule has 142 heavy (non-hydrogen) atoms. The van der Waals surface area contributed by atoms with Crippen LogP contribution in [0.15, 0.2) is 67.4 Å². The van der Waals surface area contributed by atoms with Gasteiger partial charge in [-0.1, -0.05) is 58.5 Å². The Labute approximate surface area is 821 Å². The Morgan fingerprint density at radius 1 is 0.465 bits per heavy atom. The van der Waals surface area contributed by atoms with Gasteiger partial charge in [0, 0.05) is 108 Å². The average Bonchev–Trinajstić information content (AvgIpc) is 0.875. The van der Waals surface area contributed by atoms with Crippen molar-refractivity contribution >= 4 is 88.3 Å². The highest BCUT2D eigenvalue weighted by atomic mass is 16.5. The number of carbonyl (C=O) groups excluding carboxylic acids is 11. The SMILES string of the molecule is C=CC(=O)NCCOCCOCc1cn(CCOCCOCCNC(=O)c2ccc3c(c2)NC(=O)NCc2cc(c(CC)cc2CC)CCCNC(=O)Nc2cc(C(=O)NC(CCC(=O)NC[C@H](O)[C@@H](O)[C@H](O)[C@H](O)CO)(CCC(=O)NC[C@H](O)[C@@H](O)[C@H](O)[C@H](O)CO)CCC(=O)NC[C@H](O)[C@@H](O)[C@H](O)[C@H](O)CO)ccc2NC(=O)NCc2c(CC)c(CNC(=O)NC)c(CC)c(c2CC)CNC(=O)N3)nn1. The molecular formula is C93H143N19O30. The maximum Gasteiger partial charge on any atom is 0.319 e. The number of amides is 16. The number of nitrogens with zero attached hydrogens (tertiary/aromatic N) is 3. The molecule has 16 amide bonds. The number of fused-ring (bicyclic) bond motifs is 6. The number of aliphatic hydroxyl groups excluding tert-OH is 15. The number of aromatic nitrogens is 3. The van der Waals surface area contributed by atoms with Gasteiger partial charge in [0.15, 0.2) is 0 Å². The number of carbonyl (C=O) groups is 11. The van der Waals surface area contributed by atoms with E-state index in [0.29, 0.717) is 112 Å². The van der Waals surface area contributed by atoms with Gasteiger partial charge in [-0.2, -0.15) is 0 Å². The number of ether oxygens (including phenoxy) is 4. The van der Waals surface area contributed by atoms with Crippen molar-refractivity contribution < 1.29 is 148 Å². The van der Waals surface area contributed by atoms with E-state index in [4.69, 9.17) is 18.9 Å². The Kier molecular flexibility index (Phi) is 52.4. The molecule has 4 bridgehead atoms. The summed E-state index contributed by atoms with van der Waals surface area (Å²) < 4.78 is 24.1. The van der Waals surface area contributed by atoms with Gasteiger partial charge in [0.1, 0.15) is 60.6 Å². The van der Waals surface area contributed by atoms with E-state index in [1.807, 2.05) is 46.8 Å². The lowest BCUT2D eigenvalue weighted by Crippen LogP contribution is -2.52. The van der Waals surface area contributed by atoms with Gasteiger partial charge in [-0.05, 0) is 162 Å². The first kappa shape index (κ1) is 119. The number of aryl methyl sites for hydroxylation is 3. The number of aliphatic hydroxyl groups is 15. The van der Waals surface area contributed by atoms with E-state index in [9.17, 15) is 125 Å². The third-order valence-electron chi connectivity index (χ3n) is 23.6. The Morgan fingerprint density at radius 2 is 0.887 bits per heavy atom. The number of hydrogen-bond acceptors (Lipinski definition) is 32. The van der Waals surface area contributed by atoms with Crippen LogP contribution in [-0.2, 0) is 116 Å². The number of urea groups is 5. The minimum atomic E-state index is -2.14. The van der Waals surface area contributed by atoms with Gasteiger partial charge in [-0.3, -0.25) is 28.8 Å². The molecular weight excluding hydrogens is 1860 g/mol. The van der Waals surface area contributed by atoms with Crippen LogP contribution in [0.3, 0.4) is 0 Å². The van der Waals surface area contributed by atoms with Gasteiger partial charge in [-0.15, -0.1) is 5.10 Å². The second-order valence-corrected chi connectivity index (χ2v) is 33.5. The molecule has 1 aliphatic rings. The molecule has 5 aromatic rings. The Bertz CT molecular complexity index is 4780. The van der Waals surface area contributed by atoms with Crippen LogP contribution in [0.5, 0.6) is 0 Å². The molecule has 49 heteroatoms. The fourth-order valence-electron chi connectivity index (χ4n) is 15.5. The molecule has 4 aromatic carbocycles. The molecule has 790 valence electrons. The summed E-state index contributed by atoms with van der Waals surface area (Å²) >= 11 is 0. The number of nitrogens with one attached hydrogen (secondary N) is 16. The molecule has 12 atom stereocenters. The van der Waals surface area contributed by atoms with Crippen molar-refractivity contribution in [2.75, 3.05) is 134 Å². The van der Waals surface area contributed by atoms with Crippen LogP contribution in [0.4, 0.5) is 46.7 Å². The van der Waals surface area contributed by atoms with Gasteiger partial charge in [0.25, 0.3) is 11.8 Å². The van der Waals surface area contributed by atoms with E-state index in [1.54, 1.807) is 10.9 Å². The van der Waals surface area contributed by atoms with Crippen molar-refractivity contribution in [3.05, 3.63) is 140 Å². The maximum absolute atomic E-state index is 15.4. The molecule has 0 spiro atoms. The van der Waals surface area contributed by atoms with E-state index in [0.717, 1.165) is 39.4 Å². The lowest BCUT2D eigenvalue weighted by atomic mass is 9.82. The van der Waals surface area contributed by atoms with Gasteiger partial charge in [0.05, 0.1) is 126 Å². The van der Waals surface area contributed by atoms with Crippen LogP contribution in [0, 0.1) is 0 Å². The van der Waals surface area contributed by atoms with Gasteiger partial charge < -0.3 is 181 Å². The Balaban J connectivity index is 1.35. The quantitative estimate of drug-likeness (QED) is 0.0132. The predicted molar refractivity (Wildman–Crippen MR) is 515 cm³/mol. The van der Waals surface area contributed by atoms with Gasteiger partial charge in [-0.25, -0.2) is 28.7 Å². The highest BCUT2D eigenvalue weighted by molar-refractivity contribution is 6.04. The molecule has 0 saturated carbocycles. The standard InChI is InChI=1S/C93H143N19O30/c1-8-53-37-54(9-2)58-38-55(53)15-14-26-97-89(135)107-69-40-57(87(133)109-93(23-20-77(123)98-45-70(116)80(126)83(129)73(119)49-113,24-21-78(124)99-46-71(117)81(127)84(130)74(120)50-114)25-22-79(125)100-47-72(118)82(128)85(131)75(121)51-115)17-19-67(69)106-92(138)104-44-65-61(11-4)63(42-102-88(134)94-7)60(10-3)64(62(65)12-5)43-103-91(137)105-66-18-16-56(39-68(66)108-90(136)101-41-58)86(132)96-28-31-140-33-34-141-32-29-112-48-59(110-111-112)52-142-36-35-139-30-27-95-76(122)13-6/h13,16-19,37-40,48,70-75,80-85,113-121,126-131H,6,8-12,14-15,20-36,41-47,49-52H2,1-5,7H3,(H,95,122)(H,96,132)(H,98,123)(H,99,124)(H,100,125)(H,109,133)(H2,94,102,134)(H2,97,107,135)(H2,101,108,136)(H2,103,105,137)(H2,104,106,138)/t70-,71-,72-,73+,74+,75+,80+,81+,82+,83+,84+,85+/m0/s1. The summed E-state index contributed by atoms with van der Waals surface area (Å²) in [5.41, 5.74) is 5.73. The van der Waals surface area contributed by atoms with Crippen molar-refractivity contribution in [3.8, 4) is 0 Å². The minimum Gasteiger partial charge on any atom is -0.394 e. The number of anilines is 4. The fourth-order valence-corrected chi connectivity index (χ4v) is 15.5. The van der Waals surface area contributed by atoms with E-state index in [2.05, 4.69) is 102 Å². The summed E-state index contributed by atoms with van der Waals surface area (Å²) in [5.74, 6) is -4.73. The summed E-state index contributed by atoms with van der Waals surface area (Å²) in [5, 5.41) is 205. The van der Waals surface area contributed by atoms with E-state index >= 15 is 4.79 Å². The van der Waals surface area contributed by atoms with Crippen LogP contribution in [-0.4, -0.2) is 348 Å². The molecule has 0 aliphatic carbocycles. The van der Waals surface area contributed by atoms with E-state index < -0.39 is 216 Å². The highest BCUT2D eigenvalue weighted by Crippen LogP contribution is 2.34. The molecule has 0 saturated heterocycles. The molecule has 2 heterocycles. The first-order valence-corrected chi connectivity index (χ1v) is 47.2. The lowest BCUT2D eigenvalue weighted by Gasteiger charge is -2.35. The summed E-state index contributed by atoms with van der Waals surface area (Å²) in [7, 11) is 1.44. The first-order chi connectivity index (χ1) is 67.9.